The van der Waals surface area contributed by atoms with Gasteiger partial charge in [0.15, 0.2) is 0 Å². The van der Waals surface area contributed by atoms with Gasteiger partial charge in [-0.3, -0.25) is 0 Å². The van der Waals surface area contributed by atoms with Crippen LogP contribution in [0.25, 0.3) is 0 Å². The third-order valence-corrected chi connectivity index (χ3v) is 5.97. The van der Waals surface area contributed by atoms with E-state index in [1.165, 1.54) is 16.3 Å². The summed E-state index contributed by atoms with van der Waals surface area (Å²) in [6, 6.07) is 19.4. The average Bonchev–Trinajstić information content (AvgIpc) is 2.96. The lowest BCUT2D eigenvalue weighted by Gasteiger charge is -2.24. The molecule has 0 saturated heterocycles. The first-order valence-corrected chi connectivity index (χ1v) is 8.30. The van der Waals surface area contributed by atoms with E-state index in [0.717, 1.165) is 4.47 Å². The molecule has 0 nitrogen and oxygen atoms in total. The molecule has 5 radical (unpaired) electrons. The molecule has 3 rings (SSSR count). The minimum absolute atomic E-state index is 0.442. The van der Waals surface area contributed by atoms with Crippen molar-refractivity contribution in [1.29, 1.82) is 0 Å². The molecular weight excluding hydrogens is 315 g/mol. The summed E-state index contributed by atoms with van der Waals surface area (Å²) in [6.07, 6.45) is 8.68. The van der Waals surface area contributed by atoms with Gasteiger partial charge < -0.3 is 0 Å². The van der Waals surface area contributed by atoms with E-state index < -0.39 is 7.92 Å². The van der Waals surface area contributed by atoms with Gasteiger partial charge in [-0.25, -0.2) is 0 Å². The number of halogens is 1. The second kappa shape index (κ2) is 6.20. The average molecular weight is 328 g/mol. The smallest absolute Gasteiger partial charge is 0.0175 e. The molecule has 2 aromatic carbocycles. The topological polar surface area (TPSA) is 0 Å². The lowest BCUT2D eigenvalue weighted by Crippen LogP contribution is -2.15. The normalized spacial score (nSPS) is 17.5. The fourth-order valence-electron chi connectivity index (χ4n) is 2.13. The van der Waals surface area contributed by atoms with E-state index in [2.05, 4.69) is 96.2 Å². The van der Waals surface area contributed by atoms with Crippen molar-refractivity contribution in [2.75, 3.05) is 0 Å². The summed E-state index contributed by atoms with van der Waals surface area (Å²) in [5.74, 6) is 0. The van der Waals surface area contributed by atoms with Crippen LogP contribution in [0.5, 0.6) is 0 Å². The summed E-state index contributed by atoms with van der Waals surface area (Å²) in [4.78, 5) is 0. The maximum Gasteiger partial charge on any atom is 0.0175 e. The van der Waals surface area contributed by atoms with E-state index in [-0.39, 0.29) is 0 Å². The molecule has 0 spiro atoms. The Labute approximate surface area is 125 Å². The Morgan fingerprint density at radius 3 is 1.89 bits per heavy atom. The van der Waals surface area contributed by atoms with Gasteiger partial charge >= 0.3 is 0 Å². The molecule has 0 amide bonds. The van der Waals surface area contributed by atoms with Crippen LogP contribution in [0.15, 0.2) is 59.1 Å². The van der Waals surface area contributed by atoms with Gasteiger partial charge in [-0.15, -0.1) is 0 Å². The maximum atomic E-state index is 3.51. The second-order valence-corrected chi connectivity index (χ2v) is 7.43. The van der Waals surface area contributed by atoms with Crippen molar-refractivity contribution in [2.45, 2.75) is 0 Å². The van der Waals surface area contributed by atoms with Crippen molar-refractivity contribution in [3.63, 3.8) is 0 Å². The number of hydrogen-bond donors (Lipinski definition) is 0. The van der Waals surface area contributed by atoms with E-state index in [4.69, 9.17) is 0 Å². The molecule has 93 valence electrons. The van der Waals surface area contributed by atoms with Crippen LogP contribution in [0.2, 0.25) is 0 Å². The van der Waals surface area contributed by atoms with Crippen molar-refractivity contribution in [3.05, 3.63) is 90.4 Å². The van der Waals surface area contributed by atoms with Gasteiger partial charge in [-0.05, 0) is 56.3 Å². The molecule has 1 atom stereocenters. The molecule has 1 fully saturated rings. The molecule has 0 N–H and O–H groups in total. The fourth-order valence-corrected chi connectivity index (χ4v) is 4.67. The van der Waals surface area contributed by atoms with Crippen LogP contribution in [0, 0.1) is 31.3 Å². The molecule has 0 bridgehead atoms. The van der Waals surface area contributed by atoms with Gasteiger partial charge in [-0.1, -0.05) is 58.4 Å². The van der Waals surface area contributed by atoms with Crippen LogP contribution in [0.4, 0.5) is 0 Å². The van der Waals surface area contributed by atoms with Crippen molar-refractivity contribution in [1.82, 2.24) is 0 Å². The highest BCUT2D eigenvalue weighted by molar-refractivity contribution is 9.10. The first-order valence-electron chi connectivity index (χ1n) is 6.17. The van der Waals surface area contributed by atoms with Crippen LogP contribution < -0.4 is 10.6 Å². The molecule has 2 heteroatoms. The number of benzene rings is 2. The zero-order chi connectivity index (χ0) is 13.1. The SMILES string of the molecule is Brc1ccc(P([C]2[CH][CH][CH][CH]2)c2ccccc2)cc1. The number of hydrogen-bond acceptors (Lipinski definition) is 0. The Bertz CT molecular complexity index is 515. The van der Waals surface area contributed by atoms with Gasteiger partial charge in [0.05, 0.1) is 0 Å². The van der Waals surface area contributed by atoms with E-state index in [0.29, 0.717) is 0 Å². The lowest BCUT2D eigenvalue weighted by atomic mass is 10.3. The van der Waals surface area contributed by atoms with Crippen LogP contribution in [-0.4, -0.2) is 0 Å². The Morgan fingerprint density at radius 2 is 1.26 bits per heavy atom. The first kappa shape index (κ1) is 13.3. The molecule has 0 aliphatic heterocycles. The van der Waals surface area contributed by atoms with Gasteiger partial charge in [0.1, 0.15) is 0 Å². The molecule has 1 aliphatic rings. The first-order chi connectivity index (χ1) is 9.34. The Kier molecular flexibility index (Phi) is 4.35. The summed E-state index contributed by atoms with van der Waals surface area (Å²) in [5, 5.41) is 2.78. The molecule has 0 heterocycles. The van der Waals surface area contributed by atoms with Gasteiger partial charge in [0.25, 0.3) is 0 Å². The second-order valence-electron chi connectivity index (χ2n) is 4.29. The highest BCUT2D eigenvalue weighted by Gasteiger charge is 2.28. The highest BCUT2D eigenvalue weighted by atomic mass is 79.9. The summed E-state index contributed by atoms with van der Waals surface area (Å²) in [5.41, 5.74) is 1.41. The van der Waals surface area contributed by atoms with Crippen molar-refractivity contribution >= 4 is 34.5 Å². The number of rotatable bonds is 3. The highest BCUT2D eigenvalue weighted by Crippen LogP contribution is 2.51. The summed E-state index contributed by atoms with van der Waals surface area (Å²) < 4.78 is 1.13. The van der Waals surface area contributed by atoms with E-state index in [9.17, 15) is 0 Å². The predicted molar refractivity (Wildman–Crippen MR) is 87.2 cm³/mol. The fraction of sp³-hybridized carbons (Fsp3) is 0. The largest absolute Gasteiger partial charge is 0.0622 e. The standard InChI is InChI=1S/C17H13BrP/c18-14-10-12-17(13-11-14)19(16-8-4-5-9-16)15-6-2-1-3-7-15/h1-13H. The zero-order valence-corrected chi connectivity index (χ0v) is 12.8. The minimum Gasteiger partial charge on any atom is -0.0622 e. The molecule has 1 saturated carbocycles. The van der Waals surface area contributed by atoms with Crippen LogP contribution in [0.1, 0.15) is 0 Å². The Morgan fingerprint density at radius 1 is 0.684 bits per heavy atom. The van der Waals surface area contributed by atoms with Crippen LogP contribution in [0.3, 0.4) is 0 Å². The van der Waals surface area contributed by atoms with Crippen molar-refractivity contribution < 1.29 is 0 Å². The molecule has 0 aromatic heterocycles. The third kappa shape index (κ3) is 3.09. The van der Waals surface area contributed by atoms with Gasteiger partial charge in [0.2, 0.25) is 0 Å². The minimum atomic E-state index is -0.442. The lowest BCUT2D eigenvalue weighted by molar-refractivity contribution is 1.52. The summed E-state index contributed by atoms with van der Waals surface area (Å²) in [6.45, 7) is 0. The predicted octanol–water partition coefficient (Wildman–Crippen LogP) is 4.24. The van der Waals surface area contributed by atoms with E-state index in [1.54, 1.807) is 0 Å². The van der Waals surface area contributed by atoms with Crippen LogP contribution >= 0.6 is 23.9 Å². The monoisotopic (exact) mass is 327 g/mol. The van der Waals surface area contributed by atoms with Crippen LogP contribution in [-0.2, 0) is 0 Å². The van der Waals surface area contributed by atoms with Gasteiger partial charge in [0, 0.05) is 10.1 Å². The Hall–Kier alpha value is -0.650. The summed E-state index contributed by atoms with van der Waals surface area (Å²) >= 11 is 3.51. The molecule has 19 heavy (non-hydrogen) atoms. The molecular formula is C17H13BrP. The quantitative estimate of drug-likeness (QED) is 0.739. The summed E-state index contributed by atoms with van der Waals surface area (Å²) in [7, 11) is -0.442. The van der Waals surface area contributed by atoms with Gasteiger partial charge in [-0.2, -0.15) is 0 Å². The van der Waals surface area contributed by atoms with E-state index in [1.807, 2.05) is 0 Å². The maximum absolute atomic E-state index is 3.51. The molecule has 1 aliphatic carbocycles. The zero-order valence-electron chi connectivity index (χ0n) is 10.3. The van der Waals surface area contributed by atoms with E-state index >= 15 is 0 Å². The third-order valence-electron chi connectivity index (χ3n) is 3.00. The Balaban J connectivity index is 1.98. The van der Waals surface area contributed by atoms with Crippen molar-refractivity contribution in [3.8, 4) is 0 Å². The van der Waals surface area contributed by atoms with Crippen molar-refractivity contribution in [2.24, 2.45) is 0 Å². The molecule has 1 unspecified atom stereocenters. The molecule has 2 aromatic rings.